The minimum Gasteiger partial charge on any atom is -0.326 e. The van der Waals surface area contributed by atoms with E-state index in [1.165, 1.54) is 24.5 Å². The second kappa shape index (κ2) is 9.25. The summed E-state index contributed by atoms with van der Waals surface area (Å²) in [6.45, 7) is 1.29. The number of anilines is 1. The fourth-order valence-corrected chi connectivity index (χ4v) is 2.98. The molecular formula is C18H22ClF3N2O. The van der Waals surface area contributed by atoms with E-state index in [2.05, 4.69) is 16.7 Å². The number of carbonyl (C=O) groups excluding carboxylic acids is 1. The molecule has 0 aliphatic heterocycles. The summed E-state index contributed by atoms with van der Waals surface area (Å²) in [6.07, 6.45) is 3.73. The van der Waals surface area contributed by atoms with Crippen molar-refractivity contribution in [1.82, 2.24) is 5.32 Å². The van der Waals surface area contributed by atoms with E-state index in [0.717, 1.165) is 37.9 Å². The molecule has 0 saturated carbocycles. The topological polar surface area (TPSA) is 41.1 Å². The molecule has 1 aliphatic carbocycles. The molecule has 3 nitrogen and oxygen atoms in total. The number of halogens is 4. The zero-order chi connectivity index (χ0) is 18.3. The van der Waals surface area contributed by atoms with Crippen LogP contribution in [0.3, 0.4) is 0 Å². The molecule has 138 valence electrons. The van der Waals surface area contributed by atoms with E-state index in [4.69, 9.17) is 11.6 Å². The zero-order valence-electron chi connectivity index (χ0n) is 13.9. The van der Waals surface area contributed by atoms with E-state index in [1.54, 1.807) is 0 Å². The van der Waals surface area contributed by atoms with Crippen LogP contribution in [0, 0.1) is 0 Å². The summed E-state index contributed by atoms with van der Waals surface area (Å²) in [6, 6.07) is 3.35. The molecular weight excluding hydrogens is 353 g/mol. The number of alkyl halides is 3. The van der Waals surface area contributed by atoms with E-state index in [-0.39, 0.29) is 23.0 Å². The first kappa shape index (κ1) is 19.8. The number of allylic oxidation sites excluding steroid dienone is 1. The van der Waals surface area contributed by atoms with Crippen LogP contribution in [0.25, 0.3) is 0 Å². The summed E-state index contributed by atoms with van der Waals surface area (Å²) in [4.78, 5) is 11.8. The molecule has 0 atom stereocenters. The summed E-state index contributed by atoms with van der Waals surface area (Å²) in [5, 5.41) is 5.28. The predicted molar refractivity (Wildman–Crippen MR) is 93.7 cm³/mol. The summed E-state index contributed by atoms with van der Waals surface area (Å²) in [5.74, 6) is -0.333. The molecule has 0 spiro atoms. The molecule has 0 aromatic heterocycles. The maximum atomic E-state index is 12.8. The van der Waals surface area contributed by atoms with Crippen LogP contribution >= 0.6 is 11.6 Å². The van der Waals surface area contributed by atoms with Crippen molar-refractivity contribution in [2.24, 2.45) is 0 Å². The molecule has 7 heteroatoms. The Morgan fingerprint density at radius 2 is 2.00 bits per heavy atom. The molecule has 25 heavy (non-hydrogen) atoms. The Morgan fingerprint density at radius 3 is 2.68 bits per heavy atom. The maximum Gasteiger partial charge on any atom is 0.417 e. The lowest BCUT2D eigenvalue weighted by molar-refractivity contribution is -0.137. The van der Waals surface area contributed by atoms with Crippen molar-refractivity contribution in [2.45, 2.75) is 44.7 Å². The van der Waals surface area contributed by atoms with Gasteiger partial charge in [-0.05, 0) is 56.8 Å². The quantitative estimate of drug-likeness (QED) is 0.510. The lowest BCUT2D eigenvalue weighted by Gasteiger charge is -2.13. The van der Waals surface area contributed by atoms with E-state index < -0.39 is 11.7 Å². The van der Waals surface area contributed by atoms with Crippen LogP contribution < -0.4 is 10.6 Å². The lowest BCUT2D eigenvalue weighted by Crippen LogP contribution is -2.23. The number of benzene rings is 1. The molecule has 0 heterocycles. The van der Waals surface area contributed by atoms with Crippen LogP contribution in [0.2, 0.25) is 5.02 Å². The van der Waals surface area contributed by atoms with E-state index in [9.17, 15) is 18.0 Å². The van der Waals surface area contributed by atoms with E-state index in [1.807, 2.05) is 0 Å². The second-order valence-corrected chi connectivity index (χ2v) is 6.51. The highest BCUT2D eigenvalue weighted by molar-refractivity contribution is 6.31. The third-order valence-corrected chi connectivity index (χ3v) is 4.42. The van der Waals surface area contributed by atoms with Gasteiger partial charge in [0.1, 0.15) is 0 Å². The average Bonchev–Trinajstić information content (AvgIpc) is 2.56. The Morgan fingerprint density at radius 1 is 1.20 bits per heavy atom. The van der Waals surface area contributed by atoms with Gasteiger partial charge in [-0.15, -0.1) is 0 Å². The number of hydrogen-bond acceptors (Lipinski definition) is 2. The average molecular weight is 375 g/mol. The summed E-state index contributed by atoms with van der Waals surface area (Å²) >= 11 is 5.55. The summed E-state index contributed by atoms with van der Waals surface area (Å²) in [7, 11) is 0. The SMILES string of the molecule is O=C(CCNCCC1=CCCCC1)Nc1ccc(Cl)c(C(F)(F)F)c1. The van der Waals surface area contributed by atoms with Crippen molar-refractivity contribution in [3.05, 3.63) is 40.4 Å². The normalized spacial score (nSPS) is 15.0. The number of hydrogen-bond donors (Lipinski definition) is 2. The highest BCUT2D eigenvalue weighted by Gasteiger charge is 2.33. The lowest BCUT2D eigenvalue weighted by atomic mass is 9.97. The number of carbonyl (C=O) groups is 1. The fraction of sp³-hybridized carbons (Fsp3) is 0.500. The van der Waals surface area contributed by atoms with E-state index >= 15 is 0 Å². The Labute approximate surface area is 150 Å². The highest BCUT2D eigenvalue weighted by Crippen LogP contribution is 2.36. The Kier molecular flexibility index (Phi) is 7.32. The van der Waals surface area contributed by atoms with Crippen molar-refractivity contribution in [3.63, 3.8) is 0 Å². The van der Waals surface area contributed by atoms with Crippen LogP contribution in [-0.4, -0.2) is 19.0 Å². The van der Waals surface area contributed by atoms with Gasteiger partial charge in [0, 0.05) is 18.7 Å². The number of amides is 1. The van der Waals surface area contributed by atoms with Crippen LogP contribution in [0.4, 0.5) is 18.9 Å². The first-order valence-electron chi connectivity index (χ1n) is 8.41. The molecule has 1 aromatic carbocycles. The molecule has 1 aliphatic rings. The van der Waals surface area contributed by atoms with Gasteiger partial charge < -0.3 is 10.6 Å². The number of rotatable bonds is 7. The van der Waals surface area contributed by atoms with Gasteiger partial charge in [0.2, 0.25) is 5.91 Å². The van der Waals surface area contributed by atoms with Gasteiger partial charge in [-0.1, -0.05) is 23.3 Å². The summed E-state index contributed by atoms with van der Waals surface area (Å²) in [5.41, 5.74) is 0.601. The van der Waals surface area contributed by atoms with Crippen molar-refractivity contribution >= 4 is 23.2 Å². The molecule has 2 N–H and O–H groups in total. The largest absolute Gasteiger partial charge is 0.417 e. The molecule has 0 unspecified atom stereocenters. The third kappa shape index (κ3) is 6.71. The minimum atomic E-state index is -4.55. The van der Waals surface area contributed by atoms with Crippen LogP contribution in [0.15, 0.2) is 29.8 Å². The van der Waals surface area contributed by atoms with Crippen molar-refractivity contribution in [2.75, 3.05) is 18.4 Å². The van der Waals surface area contributed by atoms with Crippen LogP contribution in [-0.2, 0) is 11.0 Å². The molecule has 1 amide bonds. The summed E-state index contributed by atoms with van der Waals surface area (Å²) < 4.78 is 38.4. The van der Waals surface area contributed by atoms with Gasteiger partial charge in [0.05, 0.1) is 10.6 Å². The maximum absolute atomic E-state index is 12.8. The molecule has 0 bridgehead atoms. The van der Waals surface area contributed by atoms with Crippen molar-refractivity contribution in [3.8, 4) is 0 Å². The molecule has 0 fully saturated rings. The standard InChI is InChI=1S/C18H22ClF3N2O/c19-16-7-6-14(12-15(16)18(20,21)22)24-17(25)9-11-23-10-8-13-4-2-1-3-5-13/h4,6-7,12,23H,1-3,5,8-11H2,(H,24,25). The van der Waals surface area contributed by atoms with Gasteiger partial charge in [0.25, 0.3) is 0 Å². The van der Waals surface area contributed by atoms with Gasteiger partial charge >= 0.3 is 6.18 Å². The molecule has 0 radical (unpaired) electrons. The van der Waals surface area contributed by atoms with Crippen LogP contribution in [0.5, 0.6) is 0 Å². The van der Waals surface area contributed by atoms with Gasteiger partial charge in [-0.25, -0.2) is 0 Å². The van der Waals surface area contributed by atoms with Crippen LogP contribution in [0.1, 0.15) is 44.1 Å². The van der Waals surface area contributed by atoms with Gasteiger partial charge in [0.15, 0.2) is 0 Å². The first-order valence-corrected chi connectivity index (χ1v) is 8.79. The Bertz CT molecular complexity index is 629. The monoisotopic (exact) mass is 374 g/mol. The van der Waals surface area contributed by atoms with Gasteiger partial charge in [-0.3, -0.25) is 4.79 Å². The number of nitrogens with one attached hydrogen (secondary N) is 2. The Hall–Kier alpha value is -1.53. The Balaban J connectivity index is 1.72. The smallest absolute Gasteiger partial charge is 0.326 e. The predicted octanol–water partition coefficient (Wildman–Crippen LogP) is 5.17. The zero-order valence-corrected chi connectivity index (χ0v) is 14.6. The molecule has 2 rings (SSSR count). The van der Waals surface area contributed by atoms with E-state index in [0.29, 0.717) is 6.54 Å². The minimum absolute atomic E-state index is 0.0917. The second-order valence-electron chi connectivity index (χ2n) is 6.10. The molecule has 0 saturated heterocycles. The first-order chi connectivity index (χ1) is 11.9. The third-order valence-electron chi connectivity index (χ3n) is 4.09. The van der Waals surface area contributed by atoms with Crippen molar-refractivity contribution in [1.29, 1.82) is 0 Å². The highest BCUT2D eigenvalue weighted by atomic mass is 35.5. The van der Waals surface area contributed by atoms with Crippen molar-refractivity contribution < 1.29 is 18.0 Å². The fourth-order valence-electron chi connectivity index (χ4n) is 2.75. The van der Waals surface area contributed by atoms with Gasteiger partial charge in [-0.2, -0.15) is 13.2 Å². The molecule has 1 aromatic rings.